The zero-order valence-corrected chi connectivity index (χ0v) is 52.6. The van der Waals surface area contributed by atoms with Crippen LogP contribution in [0.2, 0.25) is 0 Å². The lowest BCUT2D eigenvalue weighted by Crippen LogP contribution is -2.29. The van der Waals surface area contributed by atoms with Crippen molar-refractivity contribution in [1.82, 2.24) is 0 Å². The van der Waals surface area contributed by atoms with Crippen molar-refractivity contribution in [3.63, 3.8) is 0 Å². The van der Waals surface area contributed by atoms with Gasteiger partial charge >= 0.3 is 19.8 Å². The van der Waals surface area contributed by atoms with Crippen molar-refractivity contribution in [1.29, 1.82) is 0 Å². The van der Waals surface area contributed by atoms with E-state index >= 15 is 0 Å². The van der Waals surface area contributed by atoms with Gasteiger partial charge in [0.05, 0.1) is 13.2 Å². The van der Waals surface area contributed by atoms with Crippen LogP contribution in [0.3, 0.4) is 0 Å². The van der Waals surface area contributed by atoms with Crippen LogP contribution in [-0.2, 0) is 32.7 Å². The molecule has 81 heavy (non-hydrogen) atoms. The van der Waals surface area contributed by atoms with Gasteiger partial charge in [0.25, 0.3) is 0 Å². The Bertz CT molecular complexity index is 1790. The number of carbonyl (C=O) groups excluding carboxylic acids is 2. The predicted molar refractivity (Wildman–Crippen MR) is 348 cm³/mol. The number of unbranched alkanes of at least 4 members (excludes halogenated alkanes) is 25. The van der Waals surface area contributed by atoms with E-state index < -0.39 is 32.5 Å². The second kappa shape index (κ2) is 65.3. The summed E-state index contributed by atoms with van der Waals surface area (Å²) in [5, 5.41) is 0. The summed E-state index contributed by atoms with van der Waals surface area (Å²) < 4.78 is 33.1. The third kappa shape index (κ3) is 65.2. The highest BCUT2D eigenvalue weighted by atomic mass is 31.2. The van der Waals surface area contributed by atoms with E-state index in [-0.39, 0.29) is 32.6 Å². The van der Waals surface area contributed by atoms with Crippen LogP contribution in [0, 0.1) is 0 Å². The molecule has 0 saturated carbocycles. The third-order valence-electron chi connectivity index (χ3n) is 13.5. The van der Waals surface area contributed by atoms with Crippen molar-refractivity contribution < 1.29 is 37.6 Å². The highest BCUT2D eigenvalue weighted by Gasteiger charge is 2.26. The van der Waals surface area contributed by atoms with Crippen molar-refractivity contribution in [3.05, 3.63) is 134 Å². The van der Waals surface area contributed by atoms with E-state index in [4.69, 9.17) is 24.3 Å². The second-order valence-electron chi connectivity index (χ2n) is 21.2. The molecule has 0 spiro atoms. The maximum Gasteiger partial charge on any atom is 0.472 e. The molecule has 0 fully saturated rings. The number of esters is 2. The third-order valence-corrected chi connectivity index (χ3v) is 14.5. The van der Waals surface area contributed by atoms with Crippen LogP contribution in [0.5, 0.6) is 0 Å². The van der Waals surface area contributed by atoms with Crippen LogP contribution in [-0.4, -0.2) is 49.3 Å². The van der Waals surface area contributed by atoms with Crippen molar-refractivity contribution in [2.24, 2.45) is 5.73 Å². The molecular weight excluding hydrogens is 1030 g/mol. The number of phosphoric ester groups is 1. The molecule has 10 heteroatoms. The van der Waals surface area contributed by atoms with Crippen LogP contribution in [0.15, 0.2) is 134 Å². The predicted octanol–water partition coefficient (Wildman–Crippen LogP) is 21.3. The molecule has 9 nitrogen and oxygen atoms in total. The Labute approximate surface area is 497 Å². The van der Waals surface area contributed by atoms with Gasteiger partial charge in [-0.15, -0.1) is 0 Å². The Morgan fingerprint density at radius 3 is 1.02 bits per heavy atom. The monoisotopic (exact) mass is 1150 g/mol. The highest BCUT2D eigenvalue weighted by molar-refractivity contribution is 7.47. The van der Waals surface area contributed by atoms with E-state index in [1.165, 1.54) is 135 Å². The topological polar surface area (TPSA) is 134 Å². The lowest BCUT2D eigenvalue weighted by Gasteiger charge is -2.19. The van der Waals surface area contributed by atoms with E-state index in [0.717, 1.165) is 103 Å². The molecule has 0 heterocycles. The first-order chi connectivity index (χ1) is 39.8. The molecule has 0 radical (unpaired) electrons. The first-order valence-electron chi connectivity index (χ1n) is 32.7. The molecule has 2 unspecified atom stereocenters. The first-order valence-corrected chi connectivity index (χ1v) is 34.2. The first kappa shape index (κ1) is 77.2. The van der Waals surface area contributed by atoms with Crippen LogP contribution in [0.25, 0.3) is 0 Å². The van der Waals surface area contributed by atoms with Gasteiger partial charge in [-0.2, -0.15) is 0 Å². The number of rotatable bonds is 60. The van der Waals surface area contributed by atoms with Gasteiger partial charge in [0.15, 0.2) is 6.10 Å². The van der Waals surface area contributed by atoms with Gasteiger partial charge in [0, 0.05) is 19.4 Å². The zero-order chi connectivity index (χ0) is 58.7. The van der Waals surface area contributed by atoms with Gasteiger partial charge in [-0.3, -0.25) is 18.6 Å². The minimum Gasteiger partial charge on any atom is -0.462 e. The molecule has 0 amide bonds. The Morgan fingerprint density at radius 2 is 0.679 bits per heavy atom. The molecular formula is C71H120NO8P. The number of ether oxygens (including phenoxy) is 2. The summed E-state index contributed by atoms with van der Waals surface area (Å²) in [4.78, 5) is 35.3. The number of phosphoric acid groups is 1. The second-order valence-corrected chi connectivity index (χ2v) is 22.7. The Hall–Kier alpha value is -3.85. The number of hydrogen-bond donors (Lipinski definition) is 2. The fourth-order valence-corrected chi connectivity index (χ4v) is 9.48. The van der Waals surface area contributed by atoms with E-state index in [0.29, 0.717) is 6.42 Å². The Balaban J connectivity index is 4.03. The lowest BCUT2D eigenvalue weighted by molar-refractivity contribution is -0.161. The van der Waals surface area contributed by atoms with Crippen LogP contribution < -0.4 is 5.73 Å². The molecule has 0 bridgehead atoms. The average molecular weight is 1150 g/mol. The van der Waals surface area contributed by atoms with E-state index in [1.807, 2.05) is 0 Å². The van der Waals surface area contributed by atoms with Crippen LogP contribution in [0.4, 0.5) is 0 Å². The molecule has 0 saturated heterocycles. The largest absolute Gasteiger partial charge is 0.472 e. The number of hydrogen-bond acceptors (Lipinski definition) is 8. The van der Waals surface area contributed by atoms with Crippen molar-refractivity contribution in [2.75, 3.05) is 26.4 Å². The van der Waals surface area contributed by atoms with Crippen LogP contribution in [0.1, 0.15) is 271 Å². The summed E-state index contributed by atoms with van der Waals surface area (Å²) in [5.41, 5.74) is 5.39. The molecule has 0 aliphatic rings. The zero-order valence-electron chi connectivity index (χ0n) is 51.7. The molecule has 0 rings (SSSR count). The van der Waals surface area contributed by atoms with Crippen molar-refractivity contribution in [3.8, 4) is 0 Å². The summed E-state index contributed by atoms with van der Waals surface area (Å²) in [6, 6.07) is 0. The van der Waals surface area contributed by atoms with Gasteiger partial charge in [0.1, 0.15) is 6.61 Å². The number of allylic oxidation sites excluding steroid dienone is 22. The fraction of sp³-hybridized carbons (Fsp3) is 0.662. The quantitative estimate of drug-likeness (QED) is 0.0264. The number of carbonyl (C=O) groups is 2. The molecule has 462 valence electrons. The van der Waals surface area contributed by atoms with E-state index in [9.17, 15) is 19.0 Å². The van der Waals surface area contributed by atoms with Crippen LogP contribution >= 0.6 is 7.82 Å². The molecule has 0 aromatic heterocycles. The van der Waals surface area contributed by atoms with Gasteiger partial charge in [-0.05, 0) is 116 Å². The normalized spacial score (nSPS) is 13.9. The summed E-state index contributed by atoms with van der Waals surface area (Å²) in [5.74, 6) is -0.868. The Morgan fingerprint density at radius 1 is 0.383 bits per heavy atom. The summed E-state index contributed by atoms with van der Waals surface area (Å²) >= 11 is 0. The summed E-state index contributed by atoms with van der Waals surface area (Å²) in [6.45, 7) is 3.59. The lowest BCUT2D eigenvalue weighted by atomic mass is 10.0. The molecule has 2 atom stereocenters. The van der Waals surface area contributed by atoms with Gasteiger partial charge in [-0.1, -0.05) is 276 Å². The molecule has 0 aromatic carbocycles. The van der Waals surface area contributed by atoms with Crippen molar-refractivity contribution >= 4 is 19.8 Å². The minimum absolute atomic E-state index is 0.0413. The standard InChI is InChI=1S/C71H120NO8P/c1-3-5-7-9-11-13-15-17-19-21-23-25-27-29-31-33-34-36-38-40-42-44-46-48-50-52-54-56-58-60-62-64-71(74)80-69(68-79-81(75,76)78-66-65-72)67-77-70(73)63-61-59-57-55-53-51-49-47-45-43-41-39-37-35-32-30-28-26-24-22-20-18-16-14-12-10-8-6-4-2/h5,7,11,13,16-19,22-25,29,31,34,36,40,42,46,48,52,54,69H,3-4,6,8-10,12,14-15,20-21,26-28,30,32-33,35,37-39,41,43-45,47,49-51,53,55-68,72H2,1-2H3,(H,75,76)/b7-5-,13-11-,18-16-,19-17-,24-22-,25-23-,31-29-,36-34-,42-40-,48-46-,54-52-. The van der Waals surface area contributed by atoms with Gasteiger partial charge in [-0.25, -0.2) is 4.57 Å². The summed E-state index contributed by atoms with van der Waals surface area (Å²) in [7, 11) is -4.41. The molecule has 0 aliphatic heterocycles. The van der Waals surface area contributed by atoms with E-state index in [1.54, 1.807) is 0 Å². The Kier molecular flexibility index (Phi) is 62.2. The molecule has 0 aliphatic carbocycles. The average Bonchev–Trinajstić information content (AvgIpc) is 3.46. The smallest absolute Gasteiger partial charge is 0.462 e. The minimum atomic E-state index is -4.41. The van der Waals surface area contributed by atoms with Gasteiger partial charge in [0.2, 0.25) is 0 Å². The molecule has 0 aromatic rings. The van der Waals surface area contributed by atoms with Gasteiger partial charge < -0.3 is 20.1 Å². The van der Waals surface area contributed by atoms with E-state index in [2.05, 4.69) is 148 Å². The highest BCUT2D eigenvalue weighted by Crippen LogP contribution is 2.43. The number of nitrogens with two attached hydrogens (primary N) is 1. The maximum absolute atomic E-state index is 12.7. The fourth-order valence-electron chi connectivity index (χ4n) is 8.72. The maximum atomic E-state index is 12.7. The SMILES string of the molecule is CC/C=C\C/C=C\C/C=C\C/C=C\C/C=C\C/C=C\C/C=C\C/C=C\C/C=C\CCCCCC(=O)OC(COC(=O)CCCCCCCCCCCCCCCCCCC/C=C\C/C=C\CCCCCCC)COP(=O)(O)OCCN. The summed E-state index contributed by atoms with van der Waals surface area (Å²) in [6.07, 6.45) is 92.4. The molecule has 3 N–H and O–H groups in total. The van der Waals surface area contributed by atoms with Crippen molar-refractivity contribution in [2.45, 2.75) is 277 Å².